The van der Waals surface area contributed by atoms with Crippen LogP contribution in [0.2, 0.25) is 5.02 Å². The molecule has 1 aliphatic rings. The normalized spacial score (nSPS) is 16.0. The fourth-order valence-electron chi connectivity index (χ4n) is 2.70. The summed E-state index contributed by atoms with van der Waals surface area (Å²) in [6.07, 6.45) is 1.34. The van der Waals surface area contributed by atoms with Gasteiger partial charge in [-0.05, 0) is 37.6 Å². The molecule has 0 saturated carbocycles. The second kappa shape index (κ2) is 7.61. The maximum Gasteiger partial charge on any atom is 0.236 e. The largest absolute Gasteiger partial charge is 0.369 e. The van der Waals surface area contributed by atoms with Gasteiger partial charge in [0.05, 0.1) is 6.54 Å². The highest BCUT2D eigenvalue weighted by Crippen LogP contribution is 2.17. The van der Waals surface area contributed by atoms with Gasteiger partial charge in [-0.15, -0.1) is 0 Å². The Morgan fingerprint density at radius 1 is 1.27 bits per heavy atom. The van der Waals surface area contributed by atoms with Crippen molar-refractivity contribution in [2.24, 2.45) is 11.7 Å². The number of hydrogen-bond acceptors (Lipinski definition) is 3. The third-order valence-electron chi connectivity index (χ3n) is 4.02. The molecule has 1 aromatic rings. The molecule has 6 heteroatoms. The zero-order valence-corrected chi connectivity index (χ0v) is 13.6. The van der Waals surface area contributed by atoms with Crippen molar-refractivity contribution < 1.29 is 9.59 Å². The Morgan fingerprint density at radius 3 is 2.41 bits per heavy atom. The van der Waals surface area contributed by atoms with Crippen LogP contribution >= 0.6 is 11.6 Å². The standard InChI is InChI=1S/C16H22ClN3O2/c1-19(10-12-2-4-14(17)5-3-12)11-15(21)20-8-6-13(7-9-20)16(18)22/h2-5,13H,6-11H2,1H3,(H2,18,22). The summed E-state index contributed by atoms with van der Waals surface area (Å²) in [5, 5.41) is 0.708. The van der Waals surface area contributed by atoms with Gasteiger partial charge in [-0.1, -0.05) is 23.7 Å². The number of nitrogens with zero attached hydrogens (tertiary/aromatic N) is 2. The number of likely N-dealkylation sites (N-methyl/N-ethyl adjacent to an activating group) is 1. The SMILES string of the molecule is CN(CC(=O)N1CCC(C(N)=O)CC1)Cc1ccc(Cl)cc1. The third-order valence-corrected chi connectivity index (χ3v) is 4.27. The van der Waals surface area contributed by atoms with Crippen molar-refractivity contribution in [3.05, 3.63) is 34.9 Å². The van der Waals surface area contributed by atoms with Crippen molar-refractivity contribution in [2.45, 2.75) is 19.4 Å². The molecule has 5 nitrogen and oxygen atoms in total. The topological polar surface area (TPSA) is 66.6 Å². The second-order valence-electron chi connectivity index (χ2n) is 5.86. The van der Waals surface area contributed by atoms with Crippen LogP contribution in [-0.4, -0.2) is 48.3 Å². The molecule has 2 rings (SSSR count). The summed E-state index contributed by atoms with van der Waals surface area (Å²) in [7, 11) is 1.92. The highest BCUT2D eigenvalue weighted by molar-refractivity contribution is 6.30. The molecule has 2 N–H and O–H groups in total. The Morgan fingerprint density at radius 2 is 1.86 bits per heavy atom. The molecule has 0 atom stereocenters. The summed E-state index contributed by atoms with van der Waals surface area (Å²) in [5.74, 6) is -0.248. The highest BCUT2D eigenvalue weighted by Gasteiger charge is 2.26. The summed E-state index contributed by atoms with van der Waals surface area (Å²) in [5.41, 5.74) is 6.42. The van der Waals surface area contributed by atoms with Crippen LogP contribution < -0.4 is 5.73 Å². The summed E-state index contributed by atoms with van der Waals surface area (Å²) in [6, 6.07) is 7.62. The lowest BCUT2D eigenvalue weighted by Crippen LogP contribution is -2.45. The van der Waals surface area contributed by atoms with E-state index in [9.17, 15) is 9.59 Å². The van der Waals surface area contributed by atoms with E-state index >= 15 is 0 Å². The van der Waals surface area contributed by atoms with E-state index in [1.165, 1.54) is 0 Å². The van der Waals surface area contributed by atoms with Crippen LogP contribution in [0.25, 0.3) is 0 Å². The monoisotopic (exact) mass is 323 g/mol. The van der Waals surface area contributed by atoms with E-state index in [4.69, 9.17) is 17.3 Å². The predicted octanol–water partition coefficient (Wildman–Crippen LogP) is 1.50. The lowest BCUT2D eigenvalue weighted by molar-refractivity contribution is -0.135. The second-order valence-corrected chi connectivity index (χ2v) is 6.29. The number of hydrogen-bond donors (Lipinski definition) is 1. The third kappa shape index (κ3) is 4.71. The summed E-state index contributed by atoms with van der Waals surface area (Å²) in [4.78, 5) is 27.2. The van der Waals surface area contributed by atoms with Crippen LogP contribution in [0.15, 0.2) is 24.3 Å². The molecule has 0 bridgehead atoms. The average molecular weight is 324 g/mol. The fourth-order valence-corrected chi connectivity index (χ4v) is 2.83. The lowest BCUT2D eigenvalue weighted by Gasteiger charge is -2.31. The number of benzene rings is 1. The smallest absolute Gasteiger partial charge is 0.236 e. The maximum absolute atomic E-state index is 12.3. The fraction of sp³-hybridized carbons (Fsp3) is 0.500. The first-order valence-electron chi connectivity index (χ1n) is 7.46. The molecular weight excluding hydrogens is 302 g/mol. The van der Waals surface area contributed by atoms with Crippen LogP contribution in [-0.2, 0) is 16.1 Å². The first-order chi connectivity index (χ1) is 10.5. The minimum Gasteiger partial charge on any atom is -0.369 e. The Balaban J connectivity index is 1.79. The van der Waals surface area contributed by atoms with Crippen molar-refractivity contribution in [3.63, 3.8) is 0 Å². The zero-order chi connectivity index (χ0) is 16.1. The number of halogens is 1. The van der Waals surface area contributed by atoms with Gasteiger partial charge in [0.25, 0.3) is 0 Å². The minimum atomic E-state index is -0.257. The molecular formula is C16H22ClN3O2. The molecule has 0 aromatic heterocycles. The molecule has 2 amide bonds. The van der Waals surface area contributed by atoms with Gasteiger partial charge in [-0.2, -0.15) is 0 Å². The quantitative estimate of drug-likeness (QED) is 0.893. The van der Waals surface area contributed by atoms with Crippen molar-refractivity contribution >= 4 is 23.4 Å². The molecule has 0 unspecified atom stereocenters. The Labute approximate surface area is 136 Å². The van der Waals surface area contributed by atoms with Gasteiger partial charge < -0.3 is 10.6 Å². The van der Waals surface area contributed by atoms with Crippen molar-refractivity contribution in [2.75, 3.05) is 26.7 Å². The van der Waals surface area contributed by atoms with E-state index in [2.05, 4.69) is 0 Å². The number of piperidine rings is 1. The van der Waals surface area contributed by atoms with Crippen molar-refractivity contribution in [1.82, 2.24) is 9.80 Å². The first-order valence-corrected chi connectivity index (χ1v) is 7.83. The van der Waals surface area contributed by atoms with E-state index in [0.29, 0.717) is 44.0 Å². The number of nitrogens with two attached hydrogens (primary N) is 1. The number of rotatable bonds is 5. The van der Waals surface area contributed by atoms with Crippen LogP contribution in [0.1, 0.15) is 18.4 Å². The minimum absolute atomic E-state index is 0.0872. The van der Waals surface area contributed by atoms with Gasteiger partial charge in [0.1, 0.15) is 0 Å². The number of carbonyl (C=O) groups excluding carboxylic acids is 2. The zero-order valence-electron chi connectivity index (χ0n) is 12.8. The molecule has 0 radical (unpaired) electrons. The van der Waals surface area contributed by atoms with E-state index < -0.39 is 0 Å². The summed E-state index contributed by atoms with van der Waals surface area (Å²) in [6.45, 7) is 2.28. The predicted molar refractivity (Wildman–Crippen MR) is 86.3 cm³/mol. The van der Waals surface area contributed by atoms with Gasteiger partial charge in [0.2, 0.25) is 11.8 Å². The Bertz CT molecular complexity index is 525. The lowest BCUT2D eigenvalue weighted by atomic mass is 9.96. The molecule has 1 heterocycles. The van der Waals surface area contributed by atoms with Crippen molar-refractivity contribution in [3.8, 4) is 0 Å². The maximum atomic E-state index is 12.3. The molecule has 1 saturated heterocycles. The number of primary amides is 1. The Hall–Kier alpha value is -1.59. The van der Waals surface area contributed by atoms with Gasteiger partial charge in [-0.3, -0.25) is 14.5 Å². The van der Waals surface area contributed by atoms with E-state index in [1.807, 2.05) is 41.1 Å². The van der Waals surface area contributed by atoms with Gasteiger partial charge in [0, 0.05) is 30.6 Å². The van der Waals surface area contributed by atoms with Crippen LogP contribution in [0.3, 0.4) is 0 Å². The summed E-state index contributed by atoms with van der Waals surface area (Å²) < 4.78 is 0. The van der Waals surface area contributed by atoms with E-state index in [-0.39, 0.29) is 17.7 Å². The van der Waals surface area contributed by atoms with Gasteiger partial charge >= 0.3 is 0 Å². The highest BCUT2D eigenvalue weighted by atomic mass is 35.5. The number of likely N-dealkylation sites (tertiary alicyclic amines) is 1. The van der Waals surface area contributed by atoms with E-state index in [1.54, 1.807) is 0 Å². The average Bonchev–Trinajstić information content (AvgIpc) is 2.49. The Kier molecular flexibility index (Phi) is 5.80. The van der Waals surface area contributed by atoms with Crippen LogP contribution in [0.4, 0.5) is 0 Å². The molecule has 22 heavy (non-hydrogen) atoms. The molecule has 0 spiro atoms. The molecule has 1 aliphatic heterocycles. The van der Waals surface area contributed by atoms with E-state index in [0.717, 1.165) is 5.56 Å². The molecule has 0 aliphatic carbocycles. The molecule has 1 aromatic carbocycles. The van der Waals surface area contributed by atoms with Gasteiger partial charge in [-0.25, -0.2) is 0 Å². The molecule has 120 valence electrons. The summed E-state index contributed by atoms with van der Waals surface area (Å²) >= 11 is 5.86. The van der Waals surface area contributed by atoms with Crippen LogP contribution in [0.5, 0.6) is 0 Å². The van der Waals surface area contributed by atoms with Gasteiger partial charge in [0.15, 0.2) is 0 Å². The van der Waals surface area contributed by atoms with Crippen molar-refractivity contribution in [1.29, 1.82) is 0 Å². The van der Waals surface area contributed by atoms with Crippen LogP contribution in [0, 0.1) is 5.92 Å². The molecule has 1 fully saturated rings. The first kappa shape index (κ1) is 16.8. The number of carbonyl (C=O) groups is 2. The number of amides is 2.